The molecule has 2 aliphatic heterocycles. The molecule has 0 spiro atoms. The van der Waals surface area contributed by atoms with E-state index in [2.05, 4.69) is 0 Å². The second-order valence-electron chi connectivity index (χ2n) is 3.40. The van der Waals surface area contributed by atoms with Gasteiger partial charge in [-0.3, -0.25) is 0 Å². The molecule has 0 aromatic carbocycles. The maximum absolute atomic E-state index is 12.2. The molecule has 0 amide bonds. The molecule has 2 heterocycles. The first kappa shape index (κ1) is 4.21. The van der Waals surface area contributed by atoms with Gasteiger partial charge in [0.1, 0.15) is 0 Å². The van der Waals surface area contributed by atoms with E-state index in [1.54, 1.807) is 0 Å². The molecular formula is C8H15NO2. The summed E-state index contributed by atoms with van der Waals surface area (Å²) in [6.45, 7) is 0. The number of hydrogen-bond donors (Lipinski definition) is 1. The number of aliphatic hydroxyl groups is 1. The lowest BCUT2D eigenvalue weighted by Gasteiger charge is -2.49. The first-order chi connectivity index (χ1) is 6.63. The molecule has 3 heteroatoms. The standard InChI is InChI=1S/C8H15NO2/c1-9(11)6-2-3-7(9)5-8(10)4-6/h6-8,10H,2-5H2,1H3/t6-,7+,8?,9?/i4D2,5D2. The minimum absolute atomic E-state index is 0.342. The predicted octanol–water partition coefficient (Wildman–Crippen LogP) is 0.617. The Hall–Kier alpha value is -0.120. The zero-order chi connectivity index (χ0) is 11.6. The summed E-state index contributed by atoms with van der Waals surface area (Å²) < 4.78 is 29.8. The highest BCUT2D eigenvalue weighted by molar-refractivity contribution is 4.85. The molecule has 64 valence electrons. The largest absolute Gasteiger partial charge is 0.633 e. The van der Waals surface area contributed by atoms with Crippen LogP contribution in [0.25, 0.3) is 0 Å². The monoisotopic (exact) mass is 161 g/mol. The second-order valence-corrected chi connectivity index (χ2v) is 3.40. The van der Waals surface area contributed by atoms with Crippen molar-refractivity contribution in [3.05, 3.63) is 5.21 Å². The summed E-state index contributed by atoms with van der Waals surface area (Å²) in [6, 6.07) is -1.69. The van der Waals surface area contributed by atoms with E-state index in [1.807, 2.05) is 0 Å². The van der Waals surface area contributed by atoms with Crippen molar-refractivity contribution in [1.29, 1.82) is 0 Å². The third-order valence-corrected chi connectivity index (χ3v) is 2.65. The average molecular weight is 161 g/mol. The lowest BCUT2D eigenvalue weighted by atomic mass is 10.0. The summed E-state index contributed by atoms with van der Waals surface area (Å²) in [6.07, 6.45) is -5.31. The smallest absolute Gasteiger partial charge is 0.0914 e. The number of nitrogens with zero attached hydrogens (tertiary/aromatic N) is 1. The zero-order valence-corrected chi connectivity index (χ0v) is 6.45. The molecule has 2 saturated heterocycles. The Morgan fingerprint density at radius 3 is 2.36 bits per heavy atom. The molecule has 2 unspecified atom stereocenters. The van der Waals surface area contributed by atoms with Gasteiger partial charge in [-0.25, -0.2) is 0 Å². The van der Waals surface area contributed by atoms with E-state index in [0.717, 1.165) is 0 Å². The van der Waals surface area contributed by atoms with Gasteiger partial charge in [-0.1, -0.05) is 0 Å². The van der Waals surface area contributed by atoms with Gasteiger partial charge >= 0.3 is 0 Å². The van der Waals surface area contributed by atoms with Crippen LogP contribution in [-0.4, -0.2) is 35.0 Å². The molecule has 2 bridgehead atoms. The number of quaternary nitrogens is 1. The molecule has 0 radical (unpaired) electrons. The Labute approximate surface area is 72.4 Å². The summed E-state index contributed by atoms with van der Waals surface area (Å²) in [4.78, 5) is 0. The highest BCUT2D eigenvalue weighted by atomic mass is 16.5. The Morgan fingerprint density at radius 1 is 1.45 bits per heavy atom. The maximum Gasteiger partial charge on any atom is 0.0914 e. The first-order valence-electron chi connectivity index (χ1n) is 5.88. The Morgan fingerprint density at radius 2 is 1.91 bits per heavy atom. The van der Waals surface area contributed by atoms with Crippen molar-refractivity contribution in [3.8, 4) is 0 Å². The van der Waals surface area contributed by atoms with Gasteiger partial charge in [-0.2, -0.15) is 0 Å². The molecule has 0 aromatic rings. The van der Waals surface area contributed by atoms with E-state index in [1.165, 1.54) is 7.05 Å². The van der Waals surface area contributed by atoms with Gasteiger partial charge in [0.05, 0.1) is 25.2 Å². The molecule has 0 aliphatic carbocycles. The molecule has 1 N–H and O–H groups in total. The van der Waals surface area contributed by atoms with Crippen LogP contribution in [0.4, 0.5) is 0 Å². The molecule has 11 heavy (non-hydrogen) atoms. The first-order valence-corrected chi connectivity index (χ1v) is 3.88. The van der Waals surface area contributed by atoms with Crippen molar-refractivity contribution in [2.45, 2.75) is 43.8 Å². The number of piperidine rings is 1. The van der Waals surface area contributed by atoms with Crippen molar-refractivity contribution in [3.63, 3.8) is 0 Å². The average Bonchev–Trinajstić information content (AvgIpc) is 2.36. The van der Waals surface area contributed by atoms with Crippen LogP contribution in [0, 0.1) is 5.21 Å². The number of rotatable bonds is 0. The fourth-order valence-corrected chi connectivity index (χ4v) is 1.92. The van der Waals surface area contributed by atoms with Crippen LogP contribution in [0.5, 0.6) is 0 Å². The van der Waals surface area contributed by atoms with Gasteiger partial charge in [0.25, 0.3) is 0 Å². The molecular weight excluding hydrogens is 142 g/mol. The van der Waals surface area contributed by atoms with Crippen molar-refractivity contribution in [2.75, 3.05) is 7.05 Å². The normalized spacial score (nSPS) is 71.0. The van der Waals surface area contributed by atoms with Gasteiger partial charge in [0.15, 0.2) is 0 Å². The van der Waals surface area contributed by atoms with Gasteiger partial charge < -0.3 is 15.0 Å². The van der Waals surface area contributed by atoms with Gasteiger partial charge in [-0.05, 0) is 0 Å². The fraction of sp³-hybridized carbons (Fsp3) is 1.00. The SMILES string of the molecule is [2H]C1([2H])C(O)C([2H])([2H])[C@@H]2CC[C@H]1[N+]2(C)[O-]. The van der Waals surface area contributed by atoms with E-state index >= 15 is 0 Å². The fourth-order valence-electron chi connectivity index (χ4n) is 1.92. The van der Waals surface area contributed by atoms with Crippen LogP contribution in [0.15, 0.2) is 0 Å². The quantitative estimate of drug-likeness (QED) is 0.418. The van der Waals surface area contributed by atoms with Crippen LogP contribution in [0.1, 0.15) is 31.1 Å². The molecule has 2 aliphatic rings. The highest BCUT2D eigenvalue weighted by Crippen LogP contribution is 2.39. The molecule has 0 saturated carbocycles. The minimum Gasteiger partial charge on any atom is -0.633 e. The molecule has 0 aromatic heterocycles. The van der Waals surface area contributed by atoms with Crippen molar-refractivity contribution in [2.24, 2.45) is 0 Å². The topological polar surface area (TPSA) is 43.3 Å². The third kappa shape index (κ3) is 0.991. The lowest BCUT2D eigenvalue weighted by molar-refractivity contribution is -0.903. The van der Waals surface area contributed by atoms with Crippen LogP contribution in [-0.2, 0) is 0 Å². The third-order valence-electron chi connectivity index (χ3n) is 2.65. The Balaban J connectivity index is 2.51. The molecule has 2 fully saturated rings. The number of hydrogen-bond acceptors (Lipinski definition) is 2. The molecule has 2 rings (SSSR count). The Bertz CT molecular complexity index is 268. The molecule has 4 atom stereocenters. The highest BCUT2D eigenvalue weighted by Gasteiger charge is 2.45. The van der Waals surface area contributed by atoms with E-state index < -0.39 is 35.6 Å². The number of hydroxylamine groups is 3. The van der Waals surface area contributed by atoms with Crippen molar-refractivity contribution < 1.29 is 15.2 Å². The maximum atomic E-state index is 12.2. The van der Waals surface area contributed by atoms with Crippen molar-refractivity contribution >= 4 is 0 Å². The Kier molecular flexibility index (Phi) is 0.837. The van der Waals surface area contributed by atoms with E-state index in [9.17, 15) is 10.3 Å². The summed E-state index contributed by atoms with van der Waals surface area (Å²) in [5, 5.41) is 21.8. The summed E-state index contributed by atoms with van der Waals surface area (Å²) in [5.74, 6) is 0. The second kappa shape index (κ2) is 2.19. The van der Waals surface area contributed by atoms with Crippen LogP contribution >= 0.6 is 0 Å². The summed E-state index contributed by atoms with van der Waals surface area (Å²) in [5.41, 5.74) is 0. The lowest BCUT2D eigenvalue weighted by Crippen LogP contribution is -2.54. The van der Waals surface area contributed by atoms with Crippen LogP contribution in [0.3, 0.4) is 0 Å². The van der Waals surface area contributed by atoms with E-state index in [-0.39, 0.29) is 0 Å². The number of fused-ring (bicyclic) bond motifs is 2. The van der Waals surface area contributed by atoms with E-state index in [4.69, 9.17) is 5.48 Å². The summed E-state index contributed by atoms with van der Waals surface area (Å²) in [7, 11) is 1.31. The predicted molar refractivity (Wildman–Crippen MR) is 41.6 cm³/mol. The van der Waals surface area contributed by atoms with Crippen molar-refractivity contribution in [1.82, 2.24) is 0 Å². The van der Waals surface area contributed by atoms with Crippen LogP contribution in [0.2, 0.25) is 0 Å². The molecule has 3 nitrogen and oxygen atoms in total. The summed E-state index contributed by atoms with van der Waals surface area (Å²) >= 11 is 0. The number of aliphatic hydroxyl groups excluding tert-OH is 1. The van der Waals surface area contributed by atoms with E-state index in [0.29, 0.717) is 12.8 Å². The van der Waals surface area contributed by atoms with Gasteiger partial charge in [-0.15, -0.1) is 0 Å². The van der Waals surface area contributed by atoms with Gasteiger partial charge in [0.2, 0.25) is 0 Å². The van der Waals surface area contributed by atoms with Crippen LogP contribution < -0.4 is 0 Å². The minimum atomic E-state index is -2.15. The zero-order valence-electron chi connectivity index (χ0n) is 10.4. The van der Waals surface area contributed by atoms with Gasteiger partial charge in [0, 0.05) is 31.1 Å².